The van der Waals surface area contributed by atoms with Crippen LogP contribution in [0.3, 0.4) is 0 Å². The van der Waals surface area contributed by atoms with Gasteiger partial charge in [-0.25, -0.2) is 26.9 Å². The summed E-state index contributed by atoms with van der Waals surface area (Å²) in [6, 6.07) is 4.17. The van der Waals surface area contributed by atoms with Crippen molar-refractivity contribution in [1.82, 2.24) is 10.3 Å². The second-order valence-electron chi connectivity index (χ2n) is 5.50. The van der Waals surface area contributed by atoms with Gasteiger partial charge in [0.1, 0.15) is 11.1 Å². The van der Waals surface area contributed by atoms with Crippen LogP contribution in [0.25, 0.3) is 22.6 Å². The summed E-state index contributed by atoms with van der Waals surface area (Å²) in [5.74, 6) is -11.7. The predicted molar refractivity (Wildman–Crippen MR) is 93.9 cm³/mol. The Kier molecular flexibility index (Phi) is 5.27. The van der Waals surface area contributed by atoms with Crippen LogP contribution in [0.1, 0.15) is 13.3 Å². The summed E-state index contributed by atoms with van der Waals surface area (Å²) in [6.45, 7) is 1.64. The molecular weight excluding hydrogens is 405 g/mol. The lowest BCUT2D eigenvalue weighted by molar-refractivity contribution is -0.119. The number of nitrogens with zero attached hydrogens (tertiary/aromatic N) is 1. The molecule has 1 aromatic heterocycles. The highest BCUT2D eigenvalue weighted by atomic mass is 32.1. The molecule has 0 aliphatic heterocycles. The predicted octanol–water partition coefficient (Wildman–Crippen LogP) is 4.41. The standard InChI is InChI=1S/C17H10F5N3O2S/c1-2-9(26)25-17(28)23-6-3-4-8-7(5-6)24-16(27-8)10-11(18)13(20)15(22)14(21)12(10)19/h3-5H,2H2,1H3,(H2,23,25,26,28). The molecule has 3 aromatic rings. The molecule has 5 nitrogen and oxygen atoms in total. The first-order valence-corrected chi connectivity index (χ1v) is 8.17. The van der Waals surface area contributed by atoms with Gasteiger partial charge in [0.05, 0.1) is 0 Å². The molecule has 0 fully saturated rings. The van der Waals surface area contributed by atoms with Crippen molar-refractivity contribution in [2.45, 2.75) is 13.3 Å². The molecule has 0 atom stereocenters. The van der Waals surface area contributed by atoms with Crippen LogP contribution in [0.15, 0.2) is 22.6 Å². The zero-order valence-electron chi connectivity index (χ0n) is 14.0. The molecule has 0 aliphatic rings. The maximum Gasteiger partial charge on any atom is 0.233 e. The van der Waals surface area contributed by atoms with Crippen LogP contribution in [-0.4, -0.2) is 16.0 Å². The number of oxazole rings is 1. The van der Waals surface area contributed by atoms with Gasteiger partial charge in [0.25, 0.3) is 0 Å². The molecule has 0 saturated carbocycles. The number of hydrogen-bond donors (Lipinski definition) is 2. The third kappa shape index (κ3) is 3.52. The van der Waals surface area contributed by atoms with Crippen LogP contribution < -0.4 is 10.6 Å². The number of aromatic nitrogens is 1. The summed E-state index contributed by atoms with van der Waals surface area (Å²) in [4.78, 5) is 15.1. The number of benzene rings is 2. The van der Waals surface area contributed by atoms with E-state index in [4.69, 9.17) is 16.6 Å². The SMILES string of the molecule is CCC(=O)NC(=S)Nc1ccc2oc(-c3c(F)c(F)c(F)c(F)c3F)nc2c1. The molecule has 11 heteroatoms. The van der Waals surface area contributed by atoms with Crippen LogP contribution in [0, 0.1) is 29.1 Å². The van der Waals surface area contributed by atoms with Gasteiger partial charge in [-0.2, -0.15) is 0 Å². The number of carbonyl (C=O) groups is 1. The minimum absolute atomic E-state index is 0.00897. The Labute approximate surface area is 159 Å². The molecule has 0 bridgehead atoms. The average Bonchev–Trinajstić information content (AvgIpc) is 3.07. The van der Waals surface area contributed by atoms with Gasteiger partial charge in [0.15, 0.2) is 34.0 Å². The molecule has 1 amide bonds. The number of hydrogen-bond acceptors (Lipinski definition) is 4. The van der Waals surface area contributed by atoms with Crippen LogP contribution >= 0.6 is 12.2 Å². The fourth-order valence-electron chi connectivity index (χ4n) is 2.28. The first kappa shape index (κ1) is 19.7. The molecule has 3 rings (SSSR count). The molecule has 2 aromatic carbocycles. The molecule has 2 N–H and O–H groups in total. The Balaban J connectivity index is 1.99. The largest absolute Gasteiger partial charge is 0.436 e. The highest BCUT2D eigenvalue weighted by molar-refractivity contribution is 7.80. The van der Waals surface area contributed by atoms with Gasteiger partial charge < -0.3 is 15.1 Å². The van der Waals surface area contributed by atoms with Crippen molar-refractivity contribution in [3.05, 3.63) is 47.3 Å². The maximum atomic E-state index is 13.9. The zero-order chi connectivity index (χ0) is 20.6. The van der Waals surface area contributed by atoms with Crippen molar-refractivity contribution < 1.29 is 31.2 Å². The summed E-state index contributed by atoms with van der Waals surface area (Å²) >= 11 is 4.95. The lowest BCUT2D eigenvalue weighted by atomic mass is 10.1. The van der Waals surface area contributed by atoms with E-state index in [1.807, 2.05) is 0 Å². The quantitative estimate of drug-likeness (QED) is 0.287. The zero-order valence-corrected chi connectivity index (χ0v) is 14.8. The van der Waals surface area contributed by atoms with E-state index < -0.39 is 40.5 Å². The van der Waals surface area contributed by atoms with Crippen LogP contribution in [0.4, 0.5) is 27.6 Å². The highest BCUT2D eigenvalue weighted by Crippen LogP contribution is 2.33. The van der Waals surface area contributed by atoms with E-state index in [9.17, 15) is 26.7 Å². The van der Waals surface area contributed by atoms with E-state index in [1.54, 1.807) is 6.92 Å². The summed E-state index contributed by atoms with van der Waals surface area (Å²) in [7, 11) is 0. The fourth-order valence-corrected chi connectivity index (χ4v) is 2.51. The lowest BCUT2D eigenvalue weighted by Crippen LogP contribution is -2.33. The van der Waals surface area contributed by atoms with Crippen molar-refractivity contribution in [3.8, 4) is 11.5 Å². The van der Waals surface area contributed by atoms with E-state index in [0.29, 0.717) is 5.69 Å². The first-order chi connectivity index (χ1) is 13.2. The summed E-state index contributed by atoms with van der Waals surface area (Å²) in [5, 5.41) is 5.12. The van der Waals surface area contributed by atoms with E-state index in [0.717, 1.165) is 0 Å². The minimum atomic E-state index is -2.27. The monoisotopic (exact) mass is 415 g/mol. The first-order valence-electron chi connectivity index (χ1n) is 7.76. The molecular formula is C17H10F5N3O2S. The van der Waals surface area contributed by atoms with Crippen molar-refractivity contribution in [2.24, 2.45) is 0 Å². The van der Waals surface area contributed by atoms with Gasteiger partial charge in [-0.3, -0.25) is 4.79 Å². The molecule has 0 unspecified atom stereocenters. The van der Waals surface area contributed by atoms with E-state index in [2.05, 4.69) is 15.6 Å². The van der Waals surface area contributed by atoms with Gasteiger partial charge in [0.2, 0.25) is 17.6 Å². The number of carbonyl (C=O) groups excluding carboxylic acids is 1. The van der Waals surface area contributed by atoms with Crippen molar-refractivity contribution in [2.75, 3.05) is 5.32 Å². The molecule has 28 heavy (non-hydrogen) atoms. The van der Waals surface area contributed by atoms with E-state index in [1.165, 1.54) is 18.2 Å². The second kappa shape index (κ2) is 7.50. The summed E-state index contributed by atoms with van der Waals surface area (Å²) in [5.41, 5.74) is -0.819. The van der Waals surface area contributed by atoms with Crippen molar-refractivity contribution in [1.29, 1.82) is 0 Å². The highest BCUT2D eigenvalue weighted by Gasteiger charge is 2.29. The smallest absolute Gasteiger partial charge is 0.233 e. The number of thiocarbonyl (C=S) groups is 1. The third-order valence-corrected chi connectivity index (χ3v) is 3.85. The average molecular weight is 415 g/mol. The second-order valence-corrected chi connectivity index (χ2v) is 5.91. The van der Waals surface area contributed by atoms with Gasteiger partial charge >= 0.3 is 0 Å². The van der Waals surface area contributed by atoms with Gasteiger partial charge in [-0.15, -0.1) is 0 Å². The Bertz CT molecular complexity index is 1090. The van der Waals surface area contributed by atoms with Gasteiger partial charge in [-0.1, -0.05) is 6.92 Å². The molecule has 0 radical (unpaired) electrons. The van der Waals surface area contributed by atoms with Crippen LogP contribution in [-0.2, 0) is 4.79 Å². The number of nitrogens with one attached hydrogen (secondary N) is 2. The van der Waals surface area contributed by atoms with Gasteiger partial charge in [0, 0.05) is 12.1 Å². The number of anilines is 1. The molecule has 146 valence electrons. The summed E-state index contributed by atoms with van der Waals surface area (Å²) in [6.07, 6.45) is 0.218. The van der Waals surface area contributed by atoms with Crippen molar-refractivity contribution >= 4 is 40.0 Å². The van der Waals surface area contributed by atoms with Crippen LogP contribution in [0.5, 0.6) is 0 Å². The summed E-state index contributed by atoms with van der Waals surface area (Å²) < 4.78 is 73.0. The normalized spacial score (nSPS) is 10.9. The lowest BCUT2D eigenvalue weighted by Gasteiger charge is -2.08. The Morgan fingerprint density at radius 2 is 1.68 bits per heavy atom. The number of rotatable bonds is 3. The Morgan fingerprint density at radius 3 is 2.29 bits per heavy atom. The molecule has 1 heterocycles. The third-order valence-electron chi connectivity index (χ3n) is 3.64. The topological polar surface area (TPSA) is 67.2 Å². The number of fused-ring (bicyclic) bond motifs is 1. The molecule has 0 aliphatic carbocycles. The molecule has 0 saturated heterocycles. The number of halogens is 5. The Morgan fingerprint density at radius 1 is 1.07 bits per heavy atom. The van der Waals surface area contributed by atoms with Gasteiger partial charge in [-0.05, 0) is 30.4 Å². The Hall–Kier alpha value is -3.08. The fraction of sp³-hybridized carbons (Fsp3) is 0.118. The van der Waals surface area contributed by atoms with Crippen LogP contribution in [0.2, 0.25) is 0 Å². The number of amides is 1. The minimum Gasteiger partial charge on any atom is -0.436 e. The van der Waals surface area contributed by atoms with E-state index in [-0.39, 0.29) is 28.5 Å². The molecule has 0 spiro atoms. The van der Waals surface area contributed by atoms with Crippen molar-refractivity contribution in [3.63, 3.8) is 0 Å². The van der Waals surface area contributed by atoms with E-state index >= 15 is 0 Å². The maximum absolute atomic E-state index is 13.9.